The van der Waals surface area contributed by atoms with E-state index in [1.807, 2.05) is 54.6 Å². The van der Waals surface area contributed by atoms with E-state index in [4.69, 9.17) is 19.3 Å². The van der Waals surface area contributed by atoms with E-state index >= 15 is 0 Å². The van der Waals surface area contributed by atoms with E-state index in [0.29, 0.717) is 28.6 Å². The van der Waals surface area contributed by atoms with Crippen LogP contribution in [0.2, 0.25) is 0 Å². The molecule has 2 aliphatic heterocycles. The van der Waals surface area contributed by atoms with Crippen LogP contribution in [0.1, 0.15) is 34.4 Å². The number of anilines is 1. The van der Waals surface area contributed by atoms with E-state index < -0.39 is 34.7 Å². The van der Waals surface area contributed by atoms with Crippen molar-refractivity contribution in [2.24, 2.45) is 5.16 Å². The number of hydrogen-bond donors (Lipinski definition) is 3. The van der Waals surface area contributed by atoms with Crippen molar-refractivity contribution in [1.82, 2.24) is 15.2 Å². The summed E-state index contributed by atoms with van der Waals surface area (Å²) in [7, 11) is 2.90. The average Bonchev–Trinajstić information content (AvgIpc) is 3.74. The Kier molecular flexibility index (Phi) is 12.7. The summed E-state index contributed by atoms with van der Waals surface area (Å²) in [6.07, 6.45) is 3.65. The van der Waals surface area contributed by atoms with E-state index in [2.05, 4.69) is 52.2 Å². The Morgan fingerprint density at radius 2 is 1.53 bits per heavy atom. The van der Waals surface area contributed by atoms with Gasteiger partial charge in [0.2, 0.25) is 0 Å². The highest BCUT2D eigenvalue weighted by molar-refractivity contribution is 8.00. The SMILES string of the molecule is CO/N=C(\C(=O)N[C@@H]1C(=O)N2C(C(=O)OCc3ccc(OC)cc3)=C(C/C=C/CO)CS[C@H]12)c1csc(NC(c2ccccc2)(c2ccccc2)c2ccccc2)n1. The van der Waals surface area contributed by atoms with Crippen LogP contribution in [0.25, 0.3) is 0 Å². The zero-order valence-electron chi connectivity index (χ0n) is 31.7. The topological polar surface area (TPSA) is 152 Å². The first-order valence-corrected chi connectivity index (χ1v) is 20.4. The molecule has 0 unspecified atom stereocenters. The number of nitrogens with one attached hydrogen (secondary N) is 2. The van der Waals surface area contributed by atoms with Gasteiger partial charge in [0.25, 0.3) is 11.8 Å². The standard InChI is InChI=1S/C44H41N5O7S2/c1-54-34-23-21-29(22-24-34)26-56-42(53)38-30(14-12-13-25-50)27-57-41-37(40(52)49(38)41)46-39(51)36(48-55-2)35-28-58-43(45-35)47-44(31-15-6-3-7-16-31,32-17-8-4-9-18-32)33-19-10-5-11-20-33/h3-13,15-24,28,37,41,50H,14,25-27H2,1-2H3,(H,45,47)(H,46,51)/b13-12+,48-36-/t37-,41-/m1/s1. The lowest BCUT2D eigenvalue weighted by molar-refractivity contribution is -0.153. The molecule has 0 saturated carbocycles. The summed E-state index contributed by atoms with van der Waals surface area (Å²) >= 11 is 2.72. The van der Waals surface area contributed by atoms with Crippen LogP contribution in [0.15, 0.2) is 149 Å². The van der Waals surface area contributed by atoms with Gasteiger partial charge in [0.1, 0.15) is 47.8 Å². The fourth-order valence-corrected chi connectivity index (χ4v) is 9.07. The summed E-state index contributed by atoms with van der Waals surface area (Å²) < 4.78 is 10.9. The van der Waals surface area contributed by atoms with Crippen molar-refractivity contribution in [2.45, 2.75) is 30.0 Å². The van der Waals surface area contributed by atoms with Crippen LogP contribution in [-0.4, -0.2) is 76.5 Å². The molecule has 14 heteroatoms. The number of thiazole rings is 1. The number of aliphatic hydroxyl groups excluding tert-OH is 1. The van der Waals surface area contributed by atoms with E-state index in [1.165, 1.54) is 35.1 Å². The molecule has 58 heavy (non-hydrogen) atoms. The highest BCUT2D eigenvalue weighted by Gasteiger charge is 2.54. The van der Waals surface area contributed by atoms with Crippen molar-refractivity contribution >= 4 is 51.7 Å². The number of aliphatic hydroxyl groups is 1. The zero-order chi connectivity index (χ0) is 40.5. The molecule has 7 rings (SSSR count). The van der Waals surface area contributed by atoms with Gasteiger partial charge in [-0.3, -0.25) is 14.5 Å². The number of methoxy groups -OCH3 is 1. The van der Waals surface area contributed by atoms with Crippen molar-refractivity contribution in [3.63, 3.8) is 0 Å². The van der Waals surface area contributed by atoms with Crippen LogP contribution in [0.4, 0.5) is 5.13 Å². The summed E-state index contributed by atoms with van der Waals surface area (Å²) in [5, 5.41) is 21.5. The molecular formula is C44H41N5O7S2. The molecule has 3 N–H and O–H groups in total. The third-order valence-electron chi connectivity index (χ3n) is 9.75. The van der Waals surface area contributed by atoms with Crippen LogP contribution < -0.4 is 15.4 Å². The number of aromatic nitrogens is 1. The molecule has 5 aromatic rings. The van der Waals surface area contributed by atoms with E-state index in [-0.39, 0.29) is 30.3 Å². The predicted molar refractivity (Wildman–Crippen MR) is 224 cm³/mol. The number of amides is 2. The van der Waals surface area contributed by atoms with Crippen molar-refractivity contribution in [3.8, 4) is 5.75 Å². The van der Waals surface area contributed by atoms with Crippen molar-refractivity contribution in [2.75, 3.05) is 31.9 Å². The van der Waals surface area contributed by atoms with Crippen LogP contribution in [0.5, 0.6) is 5.75 Å². The summed E-state index contributed by atoms with van der Waals surface area (Å²) in [6.45, 7) is -0.177. The first-order valence-electron chi connectivity index (χ1n) is 18.4. The minimum atomic E-state index is -0.961. The number of allylic oxidation sites excluding steroid dienone is 1. The molecule has 1 aromatic heterocycles. The van der Waals surface area contributed by atoms with Crippen molar-refractivity contribution < 1.29 is 33.8 Å². The highest BCUT2D eigenvalue weighted by atomic mass is 32.2. The Labute approximate surface area is 344 Å². The fourth-order valence-electron chi connectivity index (χ4n) is 6.95. The van der Waals surface area contributed by atoms with Crippen molar-refractivity contribution in [1.29, 1.82) is 0 Å². The van der Waals surface area contributed by atoms with Gasteiger partial charge in [-0.1, -0.05) is 120 Å². The molecule has 0 spiro atoms. The molecule has 2 atom stereocenters. The Hall–Kier alpha value is -6.22. The number of β-lactam (4-membered cyclic amide) rings is 1. The third kappa shape index (κ3) is 8.26. The highest BCUT2D eigenvalue weighted by Crippen LogP contribution is 2.43. The molecule has 3 heterocycles. The first kappa shape index (κ1) is 40.0. The first-order chi connectivity index (χ1) is 28.4. The maximum atomic E-state index is 14.0. The second-order valence-electron chi connectivity index (χ2n) is 13.2. The molecule has 0 aliphatic carbocycles. The minimum Gasteiger partial charge on any atom is -0.497 e. The second kappa shape index (κ2) is 18.4. The van der Waals surface area contributed by atoms with Gasteiger partial charge in [-0.05, 0) is 46.4 Å². The predicted octanol–water partition coefficient (Wildman–Crippen LogP) is 6.24. The van der Waals surface area contributed by atoms with Crippen LogP contribution in [0.3, 0.4) is 0 Å². The number of esters is 1. The van der Waals surface area contributed by atoms with Crippen LogP contribution in [-0.2, 0) is 36.1 Å². The van der Waals surface area contributed by atoms with E-state index in [1.54, 1.807) is 48.9 Å². The van der Waals surface area contributed by atoms with Gasteiger partial charge in [-0.15, -0.1) is 23.1 Å². The monoisotopic (exact) mass is 815 g/mol. The number of fused-ring (bicyclic) bond motifs is 1. The molecule has 12 nitrogen and oxygen atoms in total. The second-order valence-corrected chi connectivity index (χ2v) is 15.2. The van der Waals surface area contributed by atoms with Crippen LogP contribution >= 0.6 is 23.1 Å². The molecule has 0 bridgehead atoms. The Morgan fingerprint density at radius 1 is 0.914 bits per heavy atom. The van der Waals surface area contributed by atoms with E-state index in [0.717, 1.165) is 22.3 Å². The Morgan fingerprint density at radius 3 is 2.10 bits per heavy atom. The van der Waals surface area contributed by atoms with Gasteiger partial charge < -0.3 is 30.1 Å². The lowest BCUT2D eigenvalue weighted by Crippen LogP contribution is -2.71. The number of oxime groups is 1. The summed E-state index contributed by atoms with van der Waals surface area (Å²) in [4.78, 5) is 52.8. The summed E-state index contributed by atoms with van der Waals surface area (Å²) in [5.41, 5.74) is 3.77. The molecule has 0 radical (unpaired) electrons. The quantitative estimate of drug-likeness (QED) is 0.0261. The van der Waals surface area contributed by atoms with Gasteiger partial charge in [-0.25, -0.2) is 9.78 Å². The molecule has 1 saturated heterocycles. The number of carbonyl (C=O) groups is 3. The smallest absolute Gasteiger partial charge is 0.355 e. The van der Waals surface area contributed by atoms with Crippen molar-refractivity contribution in [3.05, 3.63) is 172 Å². The summed E-state index contributed by atoms with van der Waals surface area (Å²) in [5.74, 6) is -0.726. The largest absolute Gasteiger partial charge is 0.497 e. The molecule has 4 aromatic carbocycles. The molecule has 2 aliphatic rings. The van der Waals surface area contributed by atoms with Gasteiger partial charge in [0, 0.05) is 11.1 Å². The number of rotatable bonds is 16. The maximum Gasteiger partial charge on any atom is 0.355 e. The number of hydrogen-bond acceptors (Lipinski definition) is 12. The Balaban J connectivity index is 1.11. The van der Waals surface area contributed by atoms with Crippen LogP contribution in [0, 0.1) is 0 Å². The normalized spacial score (nSPS) is 16.7. The zero-order valence-corrected chi connectivity index (χ0v) is 33.4. The lowest BCUT2D eigenvalue weighted by atomic mass is 9.77. The average molecular weight is 816 g/mol. The fraction of sp³-hybridized carbons (Fsp3) is 0.205. The molecule has 2 amide bonds. The molecular weight excluding hydrogens is 775 g/mol. The lowest BCUT2D eigenvalue weighted by Gasteiger charge is -2.49. The molecule has 296 valence electrons. The summed E-state index contributed by atoms with van der Waals surface area (Å²) in [6, 6.07) is 36.4. The van der Waals surface area contributed by atoms with Gasteiger partial charge in [0.15, 0.2) is 10.8 Å². The van der Waals surface area contributed by atoms with Gasteiger partial charge in [0.05, 0.1) is 13.7 Å². The maximum absolute atomic E-state index is 14.0. The number of carbonyl (C=O) groups excluding carboxylic acids is 3. The Bertz CT molecular complexity index is 2220. The molecule has 1 fully saturated rings. The van der Waals surface area contributed by atoms with Gasteiger partial charge >= 0.3 is 5.97 Å². The number of benzene rings is 4. The third-order valence-corrected chi connectivity index (χ3v) is 11.8. The van der Waals surface area contributed by atoms with Gasteiger partial charge in [-0.2, -0.15) is 0 Å². The number of thioether (sulfide) groups is 1. The van der Waals surface area contributed by atoms with E-state index in [9.17, 15) is 19.5 Å². The minimum absolute atomic E-state index is 0.0173. The number of ether oxygens (including phenoxy) is 2. The number of nitrogens with zero attached hydrogens (tertiary/aromatic N) is 3.